The van der Waals surface area contributed by atoms with Gasteiger partial charge in [-0.05, 0) is 24.8 Å². The van der Waals surface area contributed by atoms with Crippen molar-refractivity contribution >= 4 is 16.9 Å². The Morgan fingerprint density at radius 3 is 3.05 bits per heavy atom. The zero-order chi connectivity index (χ0) is 13.2. The van der Waals surface area contributed by atoms with Gasteiger partial charge in [0.15, 0.2) is 5.17 Å². The standard InChI is InChI=1S/C14H16F2N2S/c15-11-5-4-9(12(16)6-11)7-17-14-18-13-3-1-2-10(13)8-19-14/h4-6,10,13H,1-3,7-8H2,(H,17,18). The van der Waals surface area contributed by atoms with E-state index in [1.165, 1.54) is 31.4 Å². The van der Waals surface area contributed by atoms with Crippen LogP contribution in [-0.4, -0.2) is 17.0 Å². The maximum absolute atomic E-state index is 13.5. The van der Waals surface area contributed by atoms with Crippen molar-refractivity contribution in [3.8, 4) is 0 Å². The van der Waals surface area contributed by atoms with Crippen LogP contribution in [0.5, 0.6) is 0 Å². The molecule has 2 fully saturated rings. The first kappa shape index (κ1) is 12.9. The van der Waals surface area contributed by atoms with Crippen LogP contribution < -0.4 is 5.32 Å². The molecule has 1 aromatic rings. The highest BCUT2D eigenvalue weighted by Gasteiger charge is 2.31. The van der Waals surface area contributed by atoms with Gasteiger partial charge in [-0.15, -0.1) is 0 Å². The summed E-state index contributed by atoms with van der Waals surface area (Å²) in [5.74, 6) is 0.783. The molecule has 102 valence electrons. The van der Waals surface area contributed by atoms with Crippen LogP contribution in [0, 0.1) is 17.6 Å². The normalized spacial score (nSPS) is 28.2. The molecule has 0 bridgehead atoms. The number of fused-ring (bicyclic) bond motifs is 1. The lowest BCUT2D eigenvalue weighted by Gasteiger charge is -2.28. The van der Waals surface area contributed by atoms with Crippen molar-refractivity contribution in [3.05, 3.63) is 35.4 Å². The van der Waals surface area contributed by atoms with Crippen molar-refractivity contribution in [2.24, 2.45) is 10.9 Å². The van der Waals surface area contributed by atoms with Gasteiger partial charge in [0.2, 0.25) is 0 Å². The van der Waals surface area contributed by atoms with Crippen LogP contribution in [0.15, 0.2) is 23.2 Å². The molecule has 1 aromatic carbocycles. The van der Waals surface area contributed by atoms with Crippen LogP contribution >= 0.6 is 11.8 Å². The molecule has 2 nitrogen and oxygen atoms in total. The molecule has 1 aliphatic carbocycles. The number of halogens is 2. The first-order valence-electron chi connectivity index (χ1n) is 6.60. The molecule has 2 atom stereocenters. The molecule has 1 saturated heterocycles. The summed E-state index contributed by atoms with van der Waals surface area (Å²) in [7, 11) is 0. The summed E-state index contributed by atoms with van der Waals surface area (Å²) in [5.41, 5.74) is 0.435. The second-order valence-corrected chi connectivity index (χ2v) is 6.12. The van der Waals surface area contributed by atoms with E-state index in [9.17, 15) is 8.78 Å². The van der Waals surface area contributed by atoms with Gasteiger partial charge in [-0.3, -0.25) is 4.99 Å². The Kier molecular flexibility index (Phi) is 3.73. The Morgan fingerprint density at radius 2 is 2.21 bits per heavy atom. The van der Waals surface area contributed by atoms with Crippen LogP contribution in [0.1, 0.15) is 24.8 Å². The third-order valence-electron chi connectivity index (χ3n) is 3.81. The SMILES string of the molecule is Fc1ccc(CN=C2NC3CCCC3CS2)c(F)c1. The summed E-state index contributed by atoms with van der Waals surface area (Å²) in [6.45, 7) is 0.263. The molecule has 1 aliphatic heterocycles. The van der Waals surface area contributed by atoms with Crippen molar-refractivity contribution in [3.63, 3.8) is 0 Å². The summed E-state index contributed by atoms with van der Waals surface area (Å²) in [4.78, 5) is 4.41. The summed E-state index contributed by atoms with van der Waals surface area (Å²) >= 11 is 1.71. The van der Waals surface area contributed by atoms with E-state index < -0.39 is 11.6 Å². The molecule has 3 rings (SSSR count). The number of nitrogens with zero attached hydrogens (tertiary/aromatic N) is 1. The van der Waals surface area contributed by atoms with Crippen molar-refractivity contribution in [1.29, 1.82) is 0 Å². The molecule has 0 amide bonds. The minimum Gasteiger partial charge on any atom is -0.362 e. The van der Waals surface area contributed by atoms with Gasteiger partial charge in [0.05, 0.1) is 6.54 Å². The number of hydrogen-bond acceptors (Lipinski definition) is 2. The van der Waals surface area contributed by atoms with Crippen molar-refractivity contribution in [2.75, 3.05) is 5.75 Å². The molecule has 5 heteroatoms. The predicted octanol–water partition coefficient (Wildman–Crippen LogP) is 3.33. The number of thioether (sulfide) groups is 1. The molecule has 2 aliphatic rings. The molecule has 0 spiro atoms. The lowest BCUT2D eigenvalue weighted by atomic mass is 10.1. The largest absolute Gasteiger partial charge is 0.362 e. The van der Waals surface area contributed by atoms with Crippen molar-refractivity contribution in [1.82, 2.24) is 5.32 Å². The van der Waals surface area contributed by atoms with E-state index >= 15 is 0 Å². The second-order valence-electron chi connectivity index (χ2n) is 5.11. The number of hydrogen-bond donors (Lipinski definition) is 1. The van der Waals surface area contributed by atoms with E-state index in [2.05, 4.69) is 10.3 Å². The van der Waals surface area contributed by atoms with Gasteiger partial charge in [0.1, 0.15) is 11.6 Å². The molecular weight excluding hydrogens is 266 g/mol. The fraction of sp³-hybridized carbons (Fsp3) is 0.500. The number of aliphatic imine (C=N–C) groups is 1. The molecule has 1 heterocycles. The molecule has 0 aromatic heterocycles. The van der Waals surface area contributed by atoms with E-state index in [-0.39, 0.29) is 6.54 Å². The topological polar surface area (TPSA) is 24.4 Å². The van der Waals surface area contributed by atoms with E-state index in [1.54, 1.807) is 11.8 Å². The lowest BCUT2D eigenvalue weighted by molar-refractivity contribution is 0.489. The summed E-state index contributed by atoms with van der Waals surface area (Å²) in [5, 5.41) is 4.33. The van der Waals surface area contributed by atoms with E-state index in [4.69, 9.17) is 0 Å². The Bertz CT molecular complexity index is 504. The zero-order valence-electron chi connectivity index (χ0n) is 10.5. The molecule has 2 unspecified atom stereocenters. The minimum absolute atomic E-state index is 0.263. The van der Waals surface area contributed by atoms with Gasteiger partial charge in [-0.25, -0.2) is 8.78 Å². The average molecular weight is 282 g/mol. The third kappa shape index (κ3) is 2.91. The van der Waals surface area contributed by atoms with Gasteiger partial charge >= 0.3 is 0 Å². The fourth-order valence-electron chi connectivity index (χ4n) is 2.71. The van der Waals surface area contributed by atoms with E-state index in [1.807, 2.05) is 0 Å². The first-order chi connectivity index (χ1) is 9.22. The number of rotatable bonds is 2. The number of amidine groups is 1. The molecule has 19 heavy (non-hydrogen) atoms. The smallest absolute Gasteiger partial charge is 0.157 e. The van der Waals surface area contributed by atoms with Crippen molar-refractivity contribution < 1.29 is 8.78 Å². The van der Waals surface area contributed by atoms with Crippen molar-refractivity contribution in [2.45, 2.75) is 31.8 Å². The predicted molar refractivity (Wildman–Crippen MR) is 74.2 cm³/mol. The van der Waals surface area contributed by atoms with Gasteiger partial charge in [-0.1, -0.05) is 24.2 Å². The minimum atomic E-state index is -0.548. The highest BCUT2D eigenvalue weighted by atomic mass is 32.2. The van der Waals surface area contributed by atoms with Crippen LogP contribution in [0.25, 0.3) is 0 Å². The molecule has 1 N–H and O–H groups in total. The first-order valence-corrected chi connectivity index (χ1v) is 7.58. The van der Waals surface area contributed by atoms with Gasteiger partial charge in [0.25, 0.3) is 0 Å². The zero-order valence-corrected chi connectivity index (χ0v) is 11.4. The Labute approximate surface area is 115 Å². The third-order valence-corrected chi connectivity index (χ3v) is 4.93. The van der Waals surface area contributed by atoms with Crippen LogP contribution in [0.3, 0.4) is 0 Å². The Hall–Kier alpha value is -1.10. The van der Waals surface area contributed by atoms with Crippen LogP contribution in [0.4, 0.5) is 8.78 Å². The average Bonchev–Trinajstić information content (AvgIpc) is 2.85. The maximum Gasteiger partial charge on any atom is 0.157 e. The second kappa shape index (κ2) is 5.49. The van der Waals surface area contributed by atoms with Gasteiger partial charge in [0, 0.05) is 23.4 Å². The highest BCUT2D eigenvalue weighted by Crippen LogP contribution is 2.32. The van der Waals surface area contributed by atoms with Gasteiger partial charge in [-0.2, -0.15) is 0 Å². The highest BCUT2D eigenvalue weighted by molar-refractivity contribution is 8.13. The summed E-state index contributed by atoms with van der Waals surface area (Å²) in [6.07, 6.45) is 3.78. The molecule has 1 saturated carbocycles. The lowest BCUT2D eigenvalue weighted by Crippen LogP contribution is -2.41. The summed E-state index contributed by atoms with van der Waals surface area (Å²) in [6, 6.07) is 4.18. The van der Waals surface area contributed by atoms with E-state index in [0.29, 0.717) is 11.6 Å². The fourth-order valence-corrected chi connectivity index (χ4v) is 3.87. The van der Waals surface area contributed by atoms with Gasteiger partial charge < -0.3 is 5.32 Å². The van der Waals surface area contributed by atoms with Crippen LogP contribution in [-0.2, 0) is 6.54 Å². The monoisotopic (exact) mass is 282 g/mol. The molecular formula is C14H16F2N2S. The number of nitrogens with one attached hydrogen (secondary N) is 1. The van der Waals surface area contributed by atoms with E-state index in [0.717, 1.165) is 22.9 Å². The maximum atomic E-state index is 13.5. The molecule has 0 radical (unpaired) electrons. The van der Waals surface area contributed by atoms with Crippen LogP contribution in [0.2, 0.25) is 0 Å². The Balaban J connectivity index is 1.66. The Morgan fingerprint density at radius 1 is 1.32 bits per heavy atom. The quantitative estimate of drug-likeness (QED) is 0.900. The number of benzene rings is 1. The summed E-state index contributed by atoms with van der Waals surface area (Å²) < 4.78 is 26.3.